The number of hydrogen-bond acceptors (Lipinski definition) is 5. The number of aromatic nitrogens is 3. The fraction of sp³-hybridized carbons (Fsp3) is 0.208. The van der Waals surface area contributed by atoms with E-state index >= 15 is 0 Å². The number of carbonyl (C=O) groups is 1. The zero-order chi connectivity index (χ0) is 21.5. The molecule has 0 amide bonds. The van der Waals surface area contributed by atoms with Gasteiger partial charge in [0.25, 0.3) is 5.56 Å². The van der Waals surface area contributed by atoms with Crippen LogP contribution in [-0.2, 0) is 6.42 Å². The molecule has 1 aliphatic rings. The molecule has 0 spiro atoms. The summed E-state index contributed by atoms with van der Waals surface area (Å²) >= 11 is 0. The summed E-state index contributed by atoms with van der Waals surface area (Å²) in [5.74, 6) is 1.23. The molecule has 1 aliphatic carbocycles. The first-order valence-corrected chi connectivity index (χ1v) is 10.0. The number of Topliss-reactive ketones (excluding diaryl/α,β-unsaturated/α-hetero) is 1. The Morgan fingerprint density at radius 3 is 2.58 bits per heavy atom. The standard InChI is InChI=1S/C24H21N3O4/c1-30-16-8-9-17(21(12-16)31-2)14-10-18-19(20(28)11-14)13-25-23-22(18)24(29)27(26-23)15-6-4-3-5-7-15/h3-9,12-14H,10-11H2,1-2H3,(H,25,26)/t14-/m0/s1. The zero-order valence-electron chi connectivity index (χ0n) is 17.2. The van der Waals surface area contributed by atoms with Crippen LogP contribution in [0.5, 0.6) is 11.5 Å². The molecular formula is C24H21N3O4. The highest BCUT2D eigenvalue weighted by Gasteiger charge is 2.31. The summed E-state index contributed by atoms with van der Waals surface area (Å²) in [6.07, 6.45) is 2.46. The highest BCUT2D eigenvalue weighted by Crippen LogP contribution is 2.39. The van der Waals surface area contributed by atoms with E-state index in [-0.39, 0.29) is 17.3 Å². The molecule has 0 radical (unpaired) electrons. The van der Waals surface area contributed by atoms with E-state index in [4.69, 9.17) is 9.47 Å². The Morgan fingerprint density at radius 2 is 1.84 bits per heavy atom. The van der Waals surface area contributed by atoms with Crippen molar-refractivity contribution in [3.8, 4) is 17.2 Å². The Hall–Kier alpha value is -3.87. The highest BCUT2D eigenvalue weighted by molar-refractivity contribution is 6.02. The number of rotatable bonds is 4. The van der Waals surface area contributed by atoms with Crippen LogP contribution in [0.4, 0.5) is 0 Å². The van der Waals surface area contributed by atoms with E-state index in [1.165, 1.54) is 4.68 Å². The third kappa shape index (κ3) is 3.09. The summed E-state index contributed by atoms with van der Waals surface area (Å²) in [6.45, 7) is 0. The average Bonchev–Trinajstić information content (AvgIpc) is 3.16. The molecule has 4 aromatic rings. The number of benzene rings is 2. The summed E-state index contributed by atoms with van der Waals surface area (Å²) in [4.78, 5) is 30.7. The van der Waals surface area contributed by atoms with Gasteiger partial charge in [-0.25, -0.2) is 9.67 Å². The number of carbonyl (C=O) groups excluding carboxylic acids is 1. The molecule has 0 fully saturated rings. The summed E-state index contributed by atoms with van der Waals surface area (Å²) in [5.41, 5.74) is 3.16. The molecule has 2 aromatic carbocycles. The third-order valence-electron chi connectivity index (χ3n) is 5.90. The minimum atomic E-state index is -0.208. The molecule has 0 unspecified atom stereocenters. The Bertz CT molecular complexity index is 1350. The molecule has 1 atom stereocenters. The van der Waals surface area contributed by atoms with Gasteiger partial charge in [-0.15, -0.1) is 0 Å². The quantitative estimate of drug-likeness (QED) is 0.550. The van der Waals surface area contributed by atoms with Crippen molar-refractivity contribution in [1.29, 1.82) is 0 Å². The van der Waals surface area contributed by atoms with E-state index < -0.39 is 0 Å². The number of pyridine rings is 1. The average molecular weight is 415 g/mol. The summed E-state index contributed by atoms with van der Waals surface area (Å²) in [5, 5.41) is 3.54. The second-order valence-corrected chi connectivity index (χ2v) is 7.60. The fourth-order valence-corrected chi connectivity index (χ4v) is 4.37. The predicted molar refractivity (Wildman–Crippen MR) is 117 cm³/mol. The van der Waals surface area contributed by atoms with E-state index in [1.54, 1.807) is 20.4 Å². The molecule has 2 aromatic heterocycles. The smallest absolute Gasteiger partial charge is 0.281 e. The third-order valence-corrected chi connectivity index (χ3v) is 5.90. The van der Waals surface area contributed by atoms with Crippen LogP contribution in [0.1, 0.15) is 33.8 Å². The molecule has 0 aliphatic heterocycles. The van der Waals surface area contributed by atoms with Crippen molar-refractivity contribution in [2.45, 2.75) is 18.8 Å². The van der Waals surface area contributed by atoms with Crippen LogP contribution in [0.15, 0.2) is 59.5 Å². The van der Waals surface area contributed by atoms with Crippen molar-refractivity contribution in [1.82, 2.24) is 14.8 Å². The first-order valence-electron chi connectivity index (χ1n) is 10.0. The number of aromatic amines is 1. The largest absolute Gasteiger partial charge is 0.497 e. The number of H-pyrrole nitrogens is 1. The lowest BCUT2D eigenvalue weighted by Crippen LogP contribution is -2.22. The summed E-state index contributed by atoms with van der Waals surface area (Å²) < 4.78 is 12.3. The van der Waals surface area contributed by atoms with Gasteiger partial charge in [-0.1, -0.05) is 24.3 Å². The number of nitrogens with one attached hydrogen (secondary N) is 1. The molecule has 7 heteroatoms. The normalized spacial score (nSPS) is 15.7. The van der Waals surface area contributed by atoms with Crippen molar-refractivity contribution < 1.29 is 14.3 Å². The molecule has 5 rings (SSSR count). The number of para-hydroxylation sites is 1. The van der Waals surface area contributed by atoms with Gasteiger partial charge in [-0.2, -0.15) is 0 Å². The van der Waals surface area contributed by atoms with Crippen molar-refractivity contribution in [2.24, 2.45) is 0 Å². The molecule has 2 heterocycles. The van der Waals surface area contributed by atoms with Crippen LogP contribution in [0.3, 0.4) is 0 Å². The molecule has 31 heavy (non-hydrogen) atoms. The number of fused-ring (bicyclic) bond motifs is 3. The molecular weight excluding hydrogens is 394 g/mol. The first-order chi connectivity index (χ1) is 15.1. The van der Waals surface area contributed by atoms with Crippen LogP contribution in [0, 0.1) is 0 Å². The monoisotopic (exact) mass is 415 g/mol. The number of methoxy groups -OCH3 is 2. The fourth-order valence-electron chi connectivity index (χ4n) is 4.37. The van der Waals surface area contributed by atoms with Crippen LogP contribution >= 0.6 is 0 Å². The van der Waals surface area contributed by atoms with Gasteiger partial charge in [-0.05, 0) is 41.7 Å². The van der Waals surface area contributed by atoms with Crippen molar-refractivity contribution >= 4 is 16.8 Å². The maximum absolute atomic E-state index is 13.3. The number of ketones is 1. The number of ether oxygens (including phenoxy) is 2. The lowest BCUT2D eigenvalue weighted by molar-refractivity contribution is 0.0964. The van der Waals surface area contributed by atoms with Gasteiger partial charge in [0.15, 0.2) is 11.4 Å². The molecule has 0 saturated carbocycles. The van der Waals surface area contributed by atoms with Crippen molar-refractivity contribution in [2.75, 3.05) is 14.2 Å². The van der Waals surface area contributed by atoms with E-state index in [1.807, 2.05) is 48.5 Å². The van der Waals surface area contributed by atoms with E-state index in [0.717, 1.165) is 16.8 Å². The van der Waals surface area contributed by atoms with Gasteiger partial charge in [0.1, 0.15) is 11.5 Å². The van der Waals surface area contributed by atoms with Crippen molar-refractivity contribution in [3.05, 3.63) is 81.8 Å². The van der Waals surface area contributed by atoms with Gasteiger partial charge >= 0.3 is 0 Å². The van der Waals surface area contributed by atoms with Crippen molar-refractivity contribution in [3.63, 3.8) is 0 Å². The van der Waals surface area contributed by atoms with Crippen LogP contribution in [-0.4, -0.2) is 34.8 Å². The Labute approximate surface area is 178 Å². The first kappa shape index (κ1) is 19.1. The second-order valence-electron chi connectivity index (χ2n) is 7.60. The Morgan fingerprint density at radius 1 is 1.03 bits per heavy atom. The minimum Gasteiger partial charge on any atom is -0.497 e. The van der Waals surface area contributed by atoms with Gasteiger partial charge in [0, 0.05) is 24.2 Å². The highest BCUT2D eigenvalue weighted by atomic mass is 16.5. The Kier molecular flexibility index (Phi) is 4.58. The van der Waals surface area contributed by atoms with E-state index in [0.29, 0.717) is 40.9 Å². The van der Waals surface area contributed by atoms with Crippen LogP contribution < -0.4 is 15.0 Å². The van der Waals surface area contributed by atoms with Gasteiger partial charge in [0.2, 0.25) is 0 Å². The lowest BCUT2D eigenvalue weighted by Gasteiger charge is -2.25. The maximum atomic E-state index is 13.3. The number of nitrogens with zero attached hydrogens (tertiary/aromatic N) is 2. The lowest BCUT2D eigenvalue weighted by atomic mass is 9.79. The molecule has 0 bridgehead atoms. The summed E-state index contributed by atoms with van der Waals surface area (Å²) in [7, 11) is 3.20. The molecule has 7 nitrogen and oxygen atoms in total. The van der Waals surface area contributed by atoms with Gasteiger partial charge in [0.05, 0.1) is 25.3 Å². The predicted octanol–water partition coefficient (Wildman–Crippen LogP) is 3.64. The topological polar surface area (TPSA) is 86.2 Å². The zero-order valence-corrected chi connectivity index (χ0v) is 17.2. The van der Waals surface area contributed by atoms with Crippen LogP contribution in [0.25, 0.3) is 16.7 Å². The van der Waals surface area contributed by atoms with Gasteiger partial charge < -0.3 is 9.47 Å². The van der Waals surface area contributed by atoms with E-state index in [2.05, 4.69) is 10.1 Å². The molecule has 0 saturated heterocycles. The van der Waals surface area contributed by atoms with Gasteiger partial charge in [-0.3, -0.25) is 14.7 Å². The summed E-state index contributed by atoms with van der Waals surface area (Å²) in [6, 6.07) is 14.9. The maximum Gasteiger partial charge on any atom is 0.281 e. The number of hydrogen-bond donors (Lipinski definition) is 1. The minimum absolute atomic E-state index is 0.0228. The molecule has 1 N–H and O–H groups in total. The second kappa shape index (κ2) is 7.43. The SMILES string of the molecule is COc1ccc([C@@H]2CC(=O)c3cnc4[nH]n(-c5ccccc5)c(=O)c4c3C2)c(OC)c1. The Balaban J connectivity index is 1.65. The van der Waals surface area contributed by atoms with E-state index in [9.17, 15) is 9.59 Å². The molecule has 156 valence electrons. The van der Waals surface area contributed by atoms with Crippen LogP contribution in [0.2, 0.25) is 0 Å².